The highest BCUT2D eigenvalue weighted by molar-refractivity contribution is 5.67. The third-order valence-corrected chi connectivity index (χ3v) is 3.28. The molecule has 0 amide bonds. The normalized spacial score (nSPS) is 14.3. The number of hydrogen-bond acceptors (Lipinski definition) is 2. The van der Waals surface area contributed by atoms with Gasteiger partial charge in [-0.25, -0.2) is 0 Å². The van der Waals surface area contributed by atoms with Crippen molar-refractivity contribution in [3.8, 4) is 0 Å². The second-order valence-electron chi connectivity index (χ2n) is 5.63. The van der Waals surface area contributed by atoms with Crippen molar-refractivity contribution in [1.82, 2.24) is 5.32 Å². The fourth-order valence-corrected chi connectivity index (χ4v) is 2.36. The van der Waals surface area contributed by atoms with Crippen molar-refractivity contribution in [2.24, 2.45) is 11.8 Å². The zero-order valence-corrected chi connectivity index (χ0v) is 12.1. The minimum absolute atomic E-state index is 0.198. The average molecular weight is 263 g/mol. The third-order valence-electron chi connectivity index (χ3n) is 3.28. The summed E-state index contributed by atoms with van der Waals surface area (Å²) >= 11 is 0. The first-order valence-corrected chi connectivity index (χ1v) is 6.99. The van der Waals surface area contributed by atoms with E-state index in [9.17, 15) is 4.79 Å². The van der Waals surface area contributed by atoms with Gasteiger partial charge in [0.25, 0.3) is 0 Å². The van der Waals surface area contributed by atoms with Gasteiger partial charge in [-0.05, 0) is 37.3 Å². The Labute approximate surface area is 116 Å². The predicted molar refractivity (Wildman–Crippen MR) is 78.1 cm³/mol. The molecule has 0 spiro atoms. The van der Waals surface area contributed by atoms with Crippen LogP contribution in [0.3, 0.4) is 0 Å². The highest BCUT2D eigenvalue weighted by Gasteiger charge is 2.16. The standard InChI is InChI=1S/C16H25NO2/c1-12(2)9-14(10-16(18)19)11-17-13(3)15-7-5-4-6-8-15/h4-8,12-14,17H,9-11H2,1-3H3,(H,18,19)/t13-,14?/m0/s1. The number of carboxylic acids is 1. The quantitative estimate of drug-likeness (QED) is 0.755. The molecule has 1 rings (SSSR count). The molecule has 2 atom stereocenters. The molecule has 1 aromatic rings. The fraction of sp³-hybridized carbons (Fsp3) is 0.562. The molecule has 0 fully saturated rings. The van der Waals surface area contributed by atoms with E-state index >= 15 is 0 Å². The van der Waals surface area contributed by atoms with Crippen LogP contribution in [-0.2, 0) is 4.79 Å². The molecule has 3 nitrogen and oxygen atoms in total. The lowest BCUT2D eigenvalue weighted by Crippen LogP contribution is -2.28. The summed E-state index contributed by atoms with van der Waals surface area (Å²) in [4.78, 5) is 10.9. The second-order valence-corrected chi connectivity index (χ2v) is 5.63. The van der Waals surface area contributed by atoms with Crippen molar-refractivity contribution in [3.63, 3.8) is 0 Å². The van der Waals surface area contributed by atoms with Gasteiger partial charge in [0.05, 0.1) is 0 Å². The first-order chi connectivity index (χ1) is 8.99. The van der Waals surface area contributed by atoms with Gasteiger partial charge in [-0.3, -0.25) is 4.79 Å². The van der Waals surface area contributed by atoms with E-state index < -0.39 is 5.97 Å². The number of hydrogen-bond donors (Lipinski definition) is 2. The molecule has 0 radical (unpaired) electrons. The predicted octanol–water partition coefficient (Wildman–Crippen LogP) is 3.47. The molecule has 1 aromatic carbocycles. The third kappa shape index (κ3) is 6.39. The molecule has 1 unspecified atom stereocenters. The highest BCUT2D eigenvalue weighted by Crippen LogP contribution is 2.17. The number of nitrogens with one attached hydrogen (secondary N) is 1. The van der Waals surface area contributed by atoms with E-state index in [2.05, 4.69) is 38.2 Å². The number of carbonyl (C=O) groups is 1. The minimum atomic E-state index is -0.709. The maximum atomic E-state index is 10.9. The van der Waals surface area contributed by atoms with Gasteiger partial charge in [-0.1, -0.05) is 44.2 Å². The first-order valence-electron chi connectivity index (χ1n) is 6.99. The molecule has 0 bridgehead atoms. The molecule has 2 N–H and O–H groups in total. The Bertz CT molecular complexity index is 376. The number of rotatable bonds is 8. The molecular weight excluding hydrogens is 238 g/mol. The molecule has 0 aliphatic heterocycles. The van der Waals surface area contributed by atoms with E-state index in [4.69, 9.17) is 5.11 Å². The zero-order chi connectivity index (χ0) is 14.3. The summed E-state index contributed by atoms with van der Waals surface area (Å²) in [6, 6.07) is 10.5. The zero-order valence-electron chi connectivity index (χ0n) is 12.1. The van der Waals surface area contributed by atoms with E-state index in [0.717, 1.165) is 13.0 Å². The Hall–Kier alpha value is -1.35. The number of carboxylic acid groups (broad SMARTS) is 1. The van der Waals surface area contributed by atoms with E-state index in [0.29, 0.717) is 5.92 Å². The Morgan fingerprint density at radius 2 is 1.84 bits per heavy atom. The van der Waals surface area contributed by atoms with Crippen molar-refractivity contribution in [2.75, 3.05) is 6.54 Å². The summed E-state index contributed by atoms with van der Waals surface area (Å²) in [6.07, 6.45) is 1.19. The summed E-state index contributed by atoms with van der Waals surface area (Å²) in [5.74, 6) is 0.0154. The molecule has 106 valence electrons. The van der Waals surface area contributed by atoms with Crippen molar-refractivity contribution in [3.05, 3.63) is 35.9 Å². The molecule has 0 heterocycles. The molecule has 0 saturated heterocycles. The van der Waals surface area contributed by atoms with Gasteiger partial charge in [0.2, 0.25) is 0 Å². The van der Waals surface area contributed by atoms with Crippen LogP contribution in [0.2, 0.25) is 0 Å². The van der Waals surface area contributed by atoms with Crippen LogP contribution in [0.25, 0.3) is 0 Å². The van der Waals surface area contributed by atoms with E-state index in [1.807, 2.05) is 18.2 Å². The van der Waals surface area contributed by atoms with Gasteiger partial charge >= 0.3 is 5.97 Å². The highest BCUT2D eigenvalue weighted by atomic mass is 16.4. The molecule has 3 heteroatoms. The van der Waals surface area contributed by atoms with Crippen molar-refractivity contribution in [1.29, 1.82) is 0 Å². The van der Waals surface area contributed by atoms with Crippen LogP contribution in [0, 0.1) is 11.8 Å². The lowest BCUT2D eigenvalue weighted by molar-refractivity contribution is -0.138. The van der Waals surface area contributed by atoms with Crippen LogP contribution < -0.4 is 5.32 Å². The van der Waals surface area contributed by atoms with Crippen molar-refractivity contribution in [2.45, 2.75) is 39.7 Å². The molecular formula is C16H25NO2. The van der Waals surface area contributed by atoms with Crippen LogP contribution in [0.1, 0.15) is 45.2 Å². The molecule has 0 aliphatic carbocycles. The summed E-state index contributed by atoms with van der Waals surface area (Å²) in [7, 11) is 0. The van der Waals surface area contributed by atoms with Crippen LogP contribution >= 0.6 is 0 Å². The summed E-state index contributed by atoms with van der Waals surface area (Å²) in [5, 5.41) is 12.4. The van der Waals surface area contributed by atoms with Gasteiger partial charge in [-0.2, -0.15) is 0 Å². The maximum Gasteiger partial charge on any atom is 0.303 e. The largest absolute Gasteiger partial charge is 0.481 e. The molecule has 19 heavy (non-hydrogen) atoms. The lowest BCUT2D eigenvalue weighted by Gasteiger charge is -2.21. The van der Waals surface area contributed by atoms with Crippen LogP contribution in [-0.4, -0.2) is 17.6 Å². The lowest BCUT2D eigenvalue weighted by atomic mass is 9.93. The monoisotopic (exact) mass is 263 g/mol. The SMILES string of the molecule is CC(C)CC(CN[C@@H](C)c1ccccc1)CC(=O)O. The Morgan fingerprint density at radius 1 is 1.21 bits per heavy atom. The number of aliphatic carboxylic acids is 1. The Kier molecular flexibility index (Phi) is 6.57. The van der Waals surface area contributed by atoms with Crippen LogP contribution in [0.15, 0.2) is 30.3 Å². The van der Waals surface area contributed by atoms with Crippen LogP contribution in [0.5, 0.6) is 0 Å². The second kappa shape index (κ2) is 7.95. The smallest absolute Gasteiger partial charge is 0.303 e. The van der Waals surface area contributed by atoms with Crippen molar-refractivity contribution >= 4 is 5.97 Å². The molecule has 0 saturated carbocycles. The number of benzene rings is 1. The molecule has 0 aliphatic rings. The van der Waals surface area contributed by atoms with E-state index in [-0.39, 0.29) is 18.4 Å². The van der Waals surface area contributed by atoms with E-state index in [1.165, 1.54) is 5.56 Å². The summed E-state index contributed by atoms with van der Waals surface area (Å²) in [5.41, 5.74) is 1.24. The summed E-state index contributed by atoms with van der Waals surface area (Å²) < 4.78 is 0. The Balaban J connectivity index is 2.48. The van der Waals surface area contributed by atoms with Crippen LogP contribution in [0.4, 0.5) is 0 Å². The first kappa shape index (κ1) is 15.7. The average Bonchev–Trinajstić information content (AvgIpc) is 2.35. The Morgan fingerprint density at radius 3 is 2.37 bits per heavy atom. The molecule has 0 aromatic heterocycles. The van der Waals surface area contributed by atoms with Gasteiger partial charge in [-0.15, -0.1) is 0 Å². The minimum Gasteiger partial charge on any atom is -0.481 e. The summed E-state index contributed by atoms with van der Waals surface area (Å²) in [6.45, 7) is 7.13. The van der Waals surface area contributed by atoms with Gasteiger partial charge in [0, 0.05) is 12.5 Å². The van der Waals surface area contributed by atoms with Gasteiger partial charge < -0.3 is 10.4 Å². The van der Waals surface area contributed by atoms with Gasteiger partial charge in [0.15, 0.2) is 0 Å². The fourth-order valence-electron chi connectivity index (χ4n) is 2.36. The van der Waals surface area contributed by atoms with Crippen molar-refractivity contribution < 1.29 is 9.90 Å². The van der Waals surface area contributed by atoms with E-state index in [1.54, 1.807) is 0 Å². The maximum absolute atomic E-state index is 10.9. The topological polar surface area (TPSA) is 49.3 Å². The van der Waals surface area contributed by atoms with Gasteiger partial charge in [0.1, 0.15) is 0 Å².